The molecule has 1 amide bonds. The second kappa shape index (κ2) is 8.49. The molecule has 0 aliphatic rings. The molecular formula is C17H19FN6OS2. The average Bonchev–Trinajstić information content (AvgIpc) is 3.24. The minimum absolute atomic E-state index is 0.141. The minimum Gasteiger partial charge on any atom is -0.330 e. The summed E-state index contributed by atoms with van der Waals surface area (Å²) in [5.41, 5.74) is 0.593. The first-order valence-electron chi connectivity index (χ1n) is 8.29. The van der Waals surface area contributed by atoms with Crippen LogP contribution in [0.15, 0.2) is 40.9 Å². The Morgan fingerprint density at radius 1 is 1.26 bits per heavy atom. The molecule has 0 saturated heterocycles. The molecule has 0 unspecified atom stereocenters. The fourth-order valence-electron chi connectivity index (χ4n) is 2.25. The van der Waals surface area contributed by atoms with Crippen LogP contribution in [-0.2, 0) is 4.79 Å². The van der Waals surface area contributed by atoms with E-state index in [2.05, 4.69) is 25.9 Å². The molecule has 2 heterocycles. The minimum atomic E-state index is -0.365. The SMILES string of the molecule is CC(C)n1nccc1NC(=O)[C@H](C)Sc1nnc(Nc2cccc(F)c2)s1. The summed E-state index contributed by atoms with van der Waals surface area (Å²) < 4.78 is 15.6. The Morgan fingerprint density at radius 3 is 2.81 bits per heavy atom. The number of thioether (sulfide) groups is 1. The van der Waals surface area contributed by atoms with E-state index in [9.17, 15) is 9.18 Å². The third kappa shape index (κ3) is 5.04. The van der Waals surface area contributed by atoms with Crippen LogP contribution >= 0.6 is 23.1 Å². The maximum atomic E-state index is 13.2. The fourth-order valence-corrected chi connectivity index (χ4v) is 4.17. The summed E-state index contributed by atoms with van der Waals surface area (Å²) >= 11 is 2.62. The summed E-state index contributed by atoms with van der Waals surface area (Å²) in [6.07, 6.45) is 1.66. The molecule has 3 aromatic rings. The highest BCUT2D eigenvalue weighted by Gasteiger charge is 2.19. The van der Waals surface area contributed by atoms with Crippen LogP contribution < -0.4 is 10.6 Å². The van der Waals surface area contributed by atoms with E-state index in [1.165, 1.54) is 35.2 Å². The zero-order chi connectivity index (χ0) is 19.4. The number of carbonyl (C=O) groups excluding carboxylic acids is 1. The second-order valence-electron chi connectivity index (χ2n) is 6.01. The van der Waals surface area contributed by atoms with Crippen LogP contribution in [0.4, 0.5) is 21.0 Å². The Morgan fingerprint density at radius 2 is 2.07 bits per heavy atom. The highest BCUT2D eigenvalue weighted by atomic mass is 32.2. The number of anilines is 3. The van der Waals surface area contributed by atoms with E-state index in [1.807, 2.05) is 13.8 Å². The smallest absolute Gasteiger partial charge is 0.238 e. The van der Waals surface area contributed by atoms with Gasteiger partial charge < -0.3 is 10.6 Å². The maximum Gasteiger partial charge on any atom is 0.238 e. The van der Waals surface area contributed by atoms with Gasteiger partial charge in [-0.15, -0.1) is 10.2 Å². The first-order valence-corrected chi connectivity index (χ1v) is 9.99. The van der Waals surface area contributed by atoms with E-state index in [1.54, 1.807) is 36.0 Å². The monoisotopic (exact) mass is 406 g/mol. The van der Waals surface area contributed by atoms with E-state index >= 15 is 0 Å². The van der Waals surface area contributed by atoms with Gasteiger partial charge in [-0.05, 0) is 39.0 Å². The number of halogens is 1. The molecule has 0 aliphatic heterocycles. The lowest BCUT2D eigenvalue weighted by Crippen LogP contribution is -2.24. The third-order valence-electron chi connectivity index (χ3n) is 3.54. The van der Waals surface area contributed by atoms with E-state index in [-0.39, 0.29) is 23.0 Å². The molecule has 142 valence electrons. The van der Waals surface area contributed by atoms with Crippen molar-refractivity contribution in [2.45, 2.75) is 36.4 Å². The Labute approximate surface area is 164 Å². The number of nitrogens with zero attached hydrogens (tertiary/aromatic N) is 4. The quantitative estimate of drug-likeness (QED) is 0.569. The number of hydrogen-bond acceptors (Lipinski definition) is 7. The van der Waals surface area contributed by atoms with Gasteiger partial charge in [0.05, 0.1) is 11.4 Å². The predicted octanol–water partition coefficient (Wildman–Crippen LogP) is 4.32. The predicted molar refractivity (Wildman–Crippen MR) is 106 cm³/mol. The molecule has 1 atom stereocenters. The number of hydrogen-bond donors (Lipinski definition) is 2. The van der Waals surface area contributed by atoms with Crippen LogP contribution in [0.3, 0.4) is 0 Å². The summed E-state index contributed by atoms with van der Waals surface area (Å²) in [7, 11) is 0. The van der Waals surface area contributed by atoms with Crippen LogP contribution in [0.5, 0.6) is 0 Å². The highest BCUT2D eigenvalue weighted by Crippen LogP contribution is 2.31. The van der Waals surface area contributed by atoms with Crippen LogP contribution in [0.25, 0.3) is 0 Å². The van der Waals surface area contributed by atoms with Crippen molar-refractivity contribution < 1.29 is 9.18 Å². The van der Waals surface area contributed by atoms with Crippen molar-refractivity contribution in [3.63, 3.8) is 0 Å². The lowest BCUT2D eigenvalue weighted by Gasteiger charge is -2.14. The Hall–Kier alpha value is -2.46. The molecule has 0 saturated carbocycles. The number of rotatable bonds is 7. The summed E-state index contributed by atoms with van der Waals surface area (Å²) in [6, 6.07) is 8.02. The number of nitrogens with one attached hydrogen (secondary N) is 2. The summed E-state index contributed by atoms with van der Waals surface area (Å²) in [6.45, 7) is 5.79. The molecule has 0 radical (unpaired) electrons. The molecule has 2 N–H and O–H groups in total. The van der Waals surface area contributed by atoms with Gasteiger partial charge in [0.25, 0.3) is 0 Å². The van der Waals surface area contributed by atoms with Crippen LogP contribution in [0, 0.1) is 5.82 Å². The van der Waals surface area contributed by atoms with E-state index in [0.29, 0.717) is 21.0 Å². The van der Waals surface area contributed by atoms with Crippen molar-refractivity contribution in [2.24, 2.45) is 0 Å². The number of carbonyl (C=O) groups is 1. The van der Waals surface area contributed by atoms with Crippen molar-refractivity contribution in [1.29, 1.82) is 0 Å². The largest absolute Gasteiger partial charge is 0.330 e. The van der Waals surface area contributed by atoms with Gasteiger partial charge in [0.2, 0.25) is 11.0 Å². The molecule has 0 bridgehead atoms. The lowest BCUT2D eigenvalue weighted by molar-refractivity contribution is -0.115. The summed E-state index contributed by atoms with van der Waals surface area (Å²) in [5.74, 6) is 0.190. The number of aromatic nitrogens is 4. The molecule has 10 heteroatoms. The van der Waals surface area contributed by atoms with Crippen LogP contribution in [-0.4, -0.2) is 31.1 Å². The van der Waals surface area contributed by atoms with Crippen molar-refractivity contribution >= 4 is 45.6 Å². The van der Waals surface area contributed by atoms with Gasteiger partial charge in [-0.3, -0.25) is 4.79 Å². The highest BCUT2D eigenvalue weighted by molar-refractivity contribution is 8.02. The molecule has 7 nitrogen and oxygen atoms in total. The van der Waals surface area contributed by atoms with E-state index in [0.717, 1.165) is 0 Å². The van der Waals surface area contributed by atoms with Crippen LogP contribution in [0.2, 0.25) is 0 Å². The number of amides is 1. The van der Waals surface area contributed by atoms with Crippen molar-refractivity contribution in [3.05, 3.63) is 42.3 Å². The van der Waals surface area contributed by atoms with E-state index in [4.69, 9.17) is 0 Å². The first-order chi connectivity index (χ1) is 12.9. The Kier molecular flexibility index (Phi) is 6.07. The van der Waals surface area contributed by atoms with Gasteiger partial charge in [-0.2, -0.15) is 5.10 Å². The van der Waals surface area contributed by atoms with E-state index < -0.39 is 0 Å². The molecule has 1 aromatic carbocycles. The lowest BCUT2D eigenvalue weighted by atomic mass is 10.3. The Bertz CT molecular complexity index is 926. The fraction of sp³-hybridized carbons (Fsp3) is 0.294. The summed E-state index contributed by atoms with van der Waals surface area (Å²) in [5, 5.41) is 18.4. The molecule has 27 heavy (non-hydrogen) atoms. The zero-order valence-electron chi connectivity index (χ0n) is 15.0. The number of benzene rings is 1. The van der Waals surface area contributed by atoms with Crippen molar-refractivity contribution in [3.8, 4) is 0 Å². The standard InChI is InChI=1S/C17H19FN6OS2/c1-10(2)24-14(7-8-19-24)21-15(25)11(3)26-17-23-22-16(27-17)20-13-6-4-5-12(18)9-13/h4-11H,1-3H3,(H,20,22)(H,21,25)/t11-/m0/s1. The second-order valence-corrected chi connectivity index (χ2v) is 8.58. The molecule has 0 spiro atoms. The first kappa shape index (κ1) is 19.3. The molecule has 0 fully saturated rings. The average molecular weight is 407 g/mol. The maximum absolute atomic E-state index is 13.2. The van der Waals surface area contributed by atoms with Gasteiger partial charge in [-0.1, -0.05) is 29.2 Å². The molecule has 0 aliphatic carbocycles. The summed E-state index contributed by atoms with van der Waals surface area (Å²) in [4.78, 5) is 12.5. The van der Waals surface area contributed by atoms with Gasteiger partial charge in [0.1, 0.15) is 11.6 Å². The molecule has 2 aromatic heterocycles. The molecular weight excluding hydrogens is 387 g/mol. The normalized spacial score (nSPS) is 12.2. The third-order valence-corrected chi connectivity index (χ3v) is 5.56. The molecule has 3 rings (SSSR count). The van der Waals surface area contributed by atoms with Crippen molar-refractivity contribution in [2.75, 3.05) is 10.6 Å². The topological polar surface area (TPSA) is 84.7 Å². The zero-order valence-corrected chi connectivity index (χ0v) is 16.6. The van der Waals surface area contributed by atoms with Gasteiger partial charge in [-0.25, -0.2) is 9.07 Å². The van der Waals surface area contributed by atoms with Gasteiger partial charge in [0, 0.05) is 17.8 Å². The van der Waals surface area contributed by atoms with Crippen LogP contribution in [0.1, 0.15) is 26.8 Å². The van der Waals surface area contributed by atoms with Crippen molar-refractivity contribution in [1.82, 2.24) is 20.0 Å². The van der Waals surface area contributed by atoms with Gasteiger partial charge >= 0.3 is 0 Å². The Balaban J connectivity index is 1.59. The van der Waals surface area contributed by atoms with Gasteiger partial charge in [0.15, 0.2) is 4.34 Å².